The summed E-state index contributed by atoms with van der Waals surface area (Å²) in [5, 5.41) is 1.55. The SMILES string of the molecule is CNC(=O)C=C(c1ccc2nc(N)n(S(=O)(=O)C(C)C)c2n1)c1cc(F)ccc1F. The Hall–Kier alpha value is -3.34. The summed E-state index contributed by atoms with van der Waals surface area (Å²) in [7, 11) is -2.53. The highest BCUT2D eigenvalue weighted by atomic mass is 32.2. The largest absolute Gasteiger partial charge is 0.368 e. The molecular formula is C19H19F2N5O3S. The fourth-order valence-corrected chi connectivity index (χ4v) is 3.86. The molecule has 2 aromatic heterocycles. The van der Waals surface area contributed by atoms with E-state index in [0.29, 0.717) is 0 Å². The highest BCUT2D eigenvalue weighted by Gasteiger charge is 2.26. The molecular weight excluding hydrogens is 416 g/mol. The van der Waals surface area contributed by atoms with E-state index in [0.717, 1.165) is 28.2 Å². The highest BCUT2D eigenvalue weighted by Crippen LogP contribution is 2.28. The van der Waals surface area contributed by atoms with Crippen LogP contribution in [0.1, 0.15) is 25.1 Å². The lowest BCUT2D eigenvalue weighted by Gasteiger charge is -2.12. The first-order chi connectivity index (χ1) is 14.1. The van der Waals surface area contributed by atoms with Gasteiger partial charge in [0.2, 0.25) is 21.9 Å². The third-order valence-corrected chi connectivity index (χ3v) is 6.42. The molecule has 0 aliphatic rings. The lowest BCUT2D eigenvalue weighted by atomic mass is 10.0. The number of nitrogens with zero attached hydrogens (tertiary/aromatic N) is 3. The number of hydrogen-bond acceptors (Lipinski definition) is 6. The topological polar surface area (TPSA) is 120 Å². The van der Waals surface area contributed by atoms with Crippen molar-refractivity contribution in [2.45, 2.75) is 19.1 Å². The predicted molar refractivity (Wildman–Crippen MR) is 109 cm³/mol. The van der Waals surface area contributed by atoms with Gasteiger partial charge in [0.25, 0.3) is 0 Å². The third kappa shape index (κ3) is 3.75. The maximum Gasteiger partial charge on any atom is 0.245 e. The Bertz CT molecular complexity index is 1280. The molecule has 1 aromatic carbocycles. The van der Waals surface area contributed by atoms with Gasteiger partial charge in [0.1, 0.15) is 17.2 Å². The van der Waals surface area contributed by atoms with Gasteiger partial charge in [-0.05, 0) is 44.2 Å². The molecule has 0 saturated carbocycles. The van der Waals surface area contributed by atoms with E-state index in [1.54, 1.807) is 0 Å². The zero-order valence-corrected chi connectivity index (χ0v) is 17.2. The molecule has 0 aliphatic carbocycles. The number of pyridine rings is 1. The summed E-state index contributed by atoms with van der Waals surface area (Å²) in [4.78, 5) is 20.3. The van der Waals surface area contributed by atoms with E-state index >= 15 is 0 Å². The minimum atomic E-state index is -3.91. The molecule has 158 valence electrons. The Morgan fingerprint density at radius 2 is 1.90 bits per heavy atom. The van der Waals surface area contributed by atoms with Crippen molar-refractivity contribution in [2.75, 3.05) is 12.8 Å². The molecule has 0 fully saturated rings. The van der Waals surface area contributed by atoms with E-state index in [9.17, 15) is 22.0 Å². The summed E-state index contributed by atoms with van der Waals surface area (Å²) < 4.78 is 54.5. The number of imidazole rings is 1. The van der Waals surface area contributed by atoms with Crippen molar-refractivity contribution in [1.82, 2.24) is 19.3 Å². The average Bonchev–Trinajstić information content (AvgIpc) is 3.03. The quantitative estimate of drug-likeness (QED) is 0.592. The van der Waals surface area contributed by atoms with Gasteiger partial charge in [-0.2, -0.15) is 3.97 Å². The van der Waals surface area contributed by atoms with Gasteiger partial charge >= 0.3 is 0 Å². The molecule has 30 heavy (non-hydrogen) atoms. The van der Waals surface area contributed by atoms with Crippen molar-refractivity contribution in [3.63, 3.8) is 0 Å². The zero-order chi connectivity index (χ0) is 22.2. The van der Waals surface area contributed by atoms with Gasteiger partial charge in [-0.25, -0.2) is 27.2 Å². The number of carbonyl (C=O) groups is 1. The standard InChI is InChI=1S/C19H19F2N5O3S/c1-10(2)30(28,29)26-18-16(25-19(26)22)7-6-15(24-18)13(9-17(27)23-3)12-8-11(20)4-5-14(12)21/h4-10H,1-3H3,(H2,22,25)(H,23,27). The normalized spacial score (nSPS) is 12.5. The molecule has 3 aromatic rings. The second-order valence-electron chi connectivity index (χ2n) is 6.66. The number of carbonyl (C=O) groups excluding carboxylic acids is 1. The Balaban J connectivity index is 2.32. The third-order valence-electron chi connectivity index (χ3n) is 4.36. The lowest BCUT2D eigenvalue weighted by Crippen LogP contribution is -2.24. The van der Waals surface area contributed by atoms with E-state index in [4.69, 9.17) is 5.73 Å². The van der Waals surface area contributed by atoms with Gasteiger partial charge in [-0.3, -0.25) is 4.79 Å². The van der Waals surface area contributed by atoms with E-state index in [1.807, 2.05) is 0 Å². The van der Waals surface area contributed by atoms with Crippen LogP contribution in [0, 0.1) is 11.6 Å². The van der Waals surface area contributed by atoms with Crippen molar-refractivity contribution in [3.8, 4) is 0 Å². The van der Waals surface area contributed by atoms with Gasteiger partial charge in [0.15, 0.2) is 5.65 Å². The van der Waals surface area contributed by atoms with Gasteiger partial charge in [0.05, 0.1) is 10.9 Å². The molecule has 0 spiro atoms. The molecule has 0 radical (unpaired) electrons. The number of benzene rings is 1. The predicted octanol–water partition coefficient (Wildman–Crippen LogP) is 2.06. The van der Waals surface area contributed by atoms with Crippen molar-refractivity contribution >= 4 is 38.6 Å². The summed E-state index contributed by atoms with van der Waals surface area (Å²) in [6, 6.07) is 5.65. The molecule has 1 amide bonds. The first-order valence-electron chi connectivity index (χ1n) is 8.84. The molecule has 0 unspecified atom stereocenters. The number of anilines is 1. The van der Waals surface area contributed by atoms with Crippen LogP contribution in [0.3, 0.4) is 0 Å². The number of rotatable bonds is 5. The minimum absolute atomic E-state index is 0.0377. The van der Waals surface area contributed by atoms with Crippen molar-refractivity contribution in [3.05, 3.63) is 59.3 Å². The fraction of sp³-hybridized carbons (Fsp3) is 0.211. The number of aromatic nitrogens is 3. The van der Waals surface area contributed by atoms with Crippen LogP contribution in [-0.2, 0) is 14.8 Å². The van der Waals surface area contributed by atoms with E-state index < -0.39 is 32.8 Å². The smallest absolute Gasteiger partial charge is 0.245 e. The Morgan fingerprint density at radius 1 is 1.20 bits per heavy atom. The molecule has 0 atom stereocenters. The fourth-order valence-electron chi connectivity index (χ4n) is 2.76. The molecule has 0 saturated heterocycles. The van der Waals surface area contributed by atoms with Crippen LogP contribution in [0.5, 0.6) is 0 Å². The molecule has 8 nitrogen and oxygen atoms in total. The highest BCUT2D eigenvalue weighted by molar-refractivity contribution is 7.90. The molecule has 3 N–H and O–H groups in total. The van der Waals surface area contributed by atoms with Crippen LogP contribution < -0.4 is 11.1 Å². The molecule has 0 aliphatic heterocycles. The van der Waals surface area contributed by atoms with Crippen molar-refractivity contribution in [1.29, 1.82) is 0 Å². The number of hydrogen-bond donors (Lipinski definition) is 2. The summed E-state index contributed by atoms with van der Waals surface area (Å²) in [5.41, 5.74) is 5.70. The first kappa shape index (κ1) is 21.4. The van der Waals surface area contributed by atoms with Gasteiger partial charge in [-0.15, -0.1) is 0 Å². The summed E-state index contributed by atoms with van der Waals surface area (Å²) in [6.07, 6.45) is 1.05. The maximum atomic E-state index is 14.5. The number of likely N-dealkylation sites (N-methyl/N-ethyl adjacent to an activating group) is 1. The van der Waals surface area contributed by atoms with Crippen LogP contribution in [0.15, 0.2) is 36.4 Å². The van der Waals surface area contributed by atoms with Crippen LogP contribution in [0.25, 0.3) is 16.7 Å². The zero-order valence-electron chi connectivity index (χ0n) is 16.3. The maximum absolute atomic E-state index is 14.5. The van der Waals surface area contributed by atoms with Gasteiger partial charge < -0.3 is 11.1 Å². The van der Waals surface area contributed by atoms with Crippen LogP contribution in [0.2, 0.25) is 0 Å². The summed E-state index contributed by atoms with van der Waals surface area (Å²) in [5.74, 6) is -2.36. The number of nitrogens with one attached hydrogen (secondary N) is 1. The average molecular weight is 435 g/mol. The Kier molecular flexibility index (Phi) is 5.57. The number of nitrogen functional groups attached to an aromatic ring is 1. The van der Waals surface area contributed by atoms with Crippen LogP contribution in [0.4, 0.5) is 14.7 Å². The summed E-state index contributed by atoms with van der Waals surface area (Å²) >= 11 is 0. The monoisotopic (exact) mass is 435 g/mol. The van der Waals surface area contributed by atoms with Gasteiger partial charge in [-0.1, -0.05) is 0 Å². The van der Waals surface area contributed by atoms with Crippen LogP contribution >= 0.6 is 0 Å². The number of halogens is 2. The lowest BCUT2D eigenvalue weighted by molar-refractivity contribution is -0.116. The van der Waals surface area contributed by atoms with Crippen LogP contribution in [-0.4, -0.2) is 40.6 Å². The number of fused-ring (bicyclic) bond motifs is 1. The van der Waals surface area contributed by atoms with Crippen molar-refractivity contribution < 1.29 is 22.0 Å². The first-order valence-corrected chi connectivity index (χ1v) is 10.3. The second-order valence-corrected chi connectivity index (χ2v) is 9.00. The number of amides is 1. The molecule has 0 bridgehead atoms. The van der Waals surface area contributed by atoms with E-state index in [2.05, 4.69) is 15.3 Å². The second kappa shape index (κ2) is 7.82. The molecule has 3 rings (SSSR count). The molecule has 2 heterocycles. The Morgan fingerprint density at radius 3 is 2.53 bits per heavy atom. The molecule has 11 heteroatoms. The van der Waals surface area contributed by atoms with E-state index in [1.165, 1.54) is 33.0 Å². The van der Waals surface area contributed by atoms with E-state index in [-0.39, 0.29) is 33.9 Å². The van der Waals surface area contributed by atoms with Crippen molar-refractivity contribution in [2.24, 2.45) is 0 Å². The summed E-state index contributed by atoms with van der Waals surface area (Å²) in [6.45, 7) is 2.95. The van der Waals surface area contributed by atoms with Gasteiger partial charge in [0, 0.05) is 24.3 Å². The Labute approximate surface area is 171 Å². The minimum Gasteiger partial charge on any atom is -0.368 e. The number of nitrogens with two attached hydrogens (primary N) is 1.